The molecule has 0 unspecified atom stereocenters. The second-order valence-corrected chi connectivity index (χ2v) is 6.36. The monoisotopic (exact) mass is 332 g/mol. The summed E-state index contributed by atoms with van der Waals surface area (Å²) in [4.78, 5) is 9.91. The fourth-order valence-corrected chi connectivity index (χ4v) is 3.05. The highest BCUT2D eigenvalue weighted by Gasteiger charge is 2.17. The molecular weight excluding hydrogens is 296 g/mol. The van der Waals surface area contributed by atoms with Crippen molar-refractivity contribution in [3.05, 3.63) is 50.6 Å². The van der Waals surface area contributed by atoms with Crippen molar-refractivity contribution in [2.45, 2.75) is 0 Å². The Labute approximate surface area is 149 Å². The van der Waals surface area contributed by atoms with Gasteiger partial charge in [0.15, 0.2) is 0 Å². The molecule has 1 fully saturated rings. The number of hydrogen-bond donors (Lipinski definition) is 0. The summed E-state index contributed by atoms with van der Waals surface area (Å²) in [6.07, 6.45) is 7.89. The number of rotatable bonds is 14. The van der Waals surface area contributed by atoms with Gasteiger partial charge in [0, 0.05) is 78.5 Å². The second kappa shape index (κ2) is 13.1. The van der Waals surface area contributed by atoms with Gasteiger partial charge in [-0.05, 0) is 0 Å². The average Bonchev–Trinajstić information content (AvgIpc) is 2.59. The van der Waals surface area contributed by atoms with Crippen molar-refractivity contribution in [1.82, 2.24) is 19.6 Å². The first-order chi connectivity index (χ1) is 11.7. The average molecular weight is 333 g/mol. The lowest BCUT2D eigenvalue weighted by Crippen LogP contribution is -2.50. The van der Waals surface area contributed by atoms with Crippen LogP contribution in [-0.4, -0.2) is 98.1 Å². The molecule has 24 heavy (non-hydrogen) atoms. The van der Waals surface area contributed by atoms with Gasteiger partial charge in [-0.25, -0.2) is 0 Å². The number of nitrogens with zero attached hydrogens (tertiary/aromatic N) is 4. The highest BCUT2D eigenvalue weighted by atomic mass is 15.3. The van der Waals surface area contributed by atoms with Gasteiger partial charge >= 0.3 is 0 Å². The van der Waals surface area contributed by atoms with Gasteiger partial charge in [0.25, 0.3) is 0 Å². The van der Waals surface area contributed by atoms with E-state index in [0.717, 1.165) is 52.4 Å². The molecule has 0 bridgehead atoms. The van der Waals surface area contributed by atoms with Crippen LogP contribution in [0.5, 0.6) is 0 Å². The Hall–Kier alpha value is -1.20. The second-order valence-electron chi connectivity index (χ2n) is 6.36. The van der Waals surface area contributed by atoms with E-state index >= 15 is 0 Å². The van der Waals surface area contributed by atoms with E-state index in [4.69, 9.17) is 0 Å². The van der Waals surface area contributed by atoms with Crippen molar-refractivity contribution in [3.8, 4) is 0 Å². The Morgan fingerprint density at radius 2 is 0.875 bits per heavy atom. The maximum absolute atomic E-state index is 3.84. The molecule has 1 aliphatic heterocycles. The molecule has 0 spiro atoms. The predicted octanol–water partition coefficient (Wildman–Crippen LogP) is 1.95. The van der Waals surface area contributed by atoms with Gasteiger partial charge in [0.2, 0.25) is 0 Å². The zero-order valence-electron chi connectivity index (χ0n) is 15.4. The maximum atomic E-state index is 3.84. The summed E-state index contributed by atoms with van der Waals surface area (Å²) in [7, 11) is 0. The molecule has 1 aliphatic rings. The summed E-state index contributed by atoms with van der Waals surface area (Å²) in [5.74, 6) is 0. The van der Waals surface area contributed by atoms with E-state index < -0.39 is 0 Å². The molecule has 4 heteroatoms. The first-order valence-electron chi connectivity index (χ1n) is 9.06. The molecule has 0 aromatic heterocycles. The highest BCUT2D eigenvalue weighted by Crippen LogP contribution is 2.03. The van der Waals surface area contributed by atoms with Crippen LogP contribution >= 0.6 is 0 Å². The topological polar surface area (TPSA) is 13.0 Å². The lowest BCUT2D eigenvalue weighted by Gasteiger charge is -2.36. The first-order valence-corrected chi connectivity index (χ1v) is 9.06. The fourth-order valence-electron chi connectivity index (χ4n) is 3.05. The van der Waals surface area contributed by atoms with Crippen LogP contribution in [0, 0.1) is 0 Å². The molecule has 4 nitrogen and oxygen atoms in total. The summed E-state index contributed by atoms with van der Waals surface area (Å²) in [5, 5.41) is 0. The largest absolute Gasteiger partial charge is 0.300 e. The van der Waals surface area contributed by atoms with E-state index in [1.807, 2.05) is 24.3 Å². The van der Waals surface area contributed by atoms with Crippen LogP contribution in [0.15, 0.2) is 50.6 Å². The Balaban J connectivity index is 2.23. The van der Waals surface area contributed by atoms with Gasteiger partial charge in [0.05, 0.1) is 0 Å². The third kappa shape index (κ3) is 8.60. The zero-order chi connectivity index (χ0) is 17.6. The minimum atomic E-state index is 0.939. The summed E-state index contributed by atoms with van der Waals surface area (Å²) < 4.78 is 0. The quantitative estimate of drug-likeness (QED) is 0.451. The molecule has 1 rings (SSSR count). The Morgan fingerprint density at radius 3 is 1.12 bits per heavy atom. The van der Waals surface area contributed by atoms with Crippen LogP contribution in [0.25, 0.3) is 0 Å². The van der Waals surface area contributed by atoms with Crippen LogP contribution in [0.4, 0.5) is 0 Å². The lowest BCUT2D eigenvalue weighted by molar-refractivity contribution is 0.114. The smallest absolute Gasteiger partial charge is 0.0164 e. The molecule has 0 aromatic rings. The van der Waals surface area contributed by atoms with Crippen LogP contribution in [-0.2, 0) is 0 Å². The normalized spacial score (nSPS) is 16.4. The van der Waals surface area contributed by atoms with Crippen LogP contribution < -0.4 is 0 Å². The van der Waals surface area contributed by atoms with Gasteiger partial charge in [0.1, 0.15) is 0 Å². The van der Waals surface area contributed by atoms with E-state index in [2.05, 4.69) is 45.9 Å². The summed E-state index contributed by atoms with van der Waals surface area (Å²) in [6, 6.07) is 0. The molecule has 0 atom stereocenters. The molecule has 0 saturated carbocycles. The third-order valence-electron chi connectivity index (χ3n) is 4.48. The fraction of sp³-hybridized carbons (Fsp3) is 0.600. The highest BCUT2D eigenvalue weighted by molar-refractivity contribution is 4.83. The summed E-state index contributed by atoms with van der Waals surface area (Å²) >= 11 is 0. The van der Waals surface area contributed by atoms with Gasteiger partial charge in [-0.3, -0.25) is 19.6 Å². The van der Waals surface area contributed by atoms with Gasteiger partial charge in [-0.15, -0.1) is 26.3 Å². The zero-order valence-corrected chi connectivity index (χ0v) is 15.4. The molecule has 1 saturated heterocycles. The Bertz CT molecular complexity index is 316. The third-order valence-corrected chi connectivity index (χ3v) is 4.48. The van der Waals surface area contributed by atoms with Crippen LogP contribution in [0.1, 0.15) is 0 Å². The predicted molar refractivity (Wildman–Crippen MR) is 107 cm³/mol. The molecule has 0 aromatic carbocycles. The van der Waals surface area contributed by atoms with Crippen molar-refractivity contribution in [3.63, 3.8) is 0 Å². The van der Waals surface area contributed by atoms with Crippen molar-refractivity contribution in [1.29, 1.82) is 0 Å². The van der Waals surface area contributed by atoms with Crippen LogP contribution in [0.3, 0.4) is 0 Å². The SMILES string of the molecule is C=CCN(CC=C)CCN1CCN(CCN(CC=C)CC=C)CC1. The van der Waals surface area contributed by atoms with E-state index in [-0.39, 0.29) is 0 Å². The summed E-state index contributed by atoms with van der Waals surface area (Å²) in [5.41, 5.74) is 0. The van der Waals surface area contributed by atoms with E-state index in [0.29, 0.717) is 0 Å². The van der Waals surface area contributed by atoms with E-state index in [9.17, 15) is 0 Å². The van der Waals surface area contributed by atoms with E-state index in [1.165, 1.54) is 26.2 Å². The number of hydrogen-bond acceptors (Lipinski definition) is 4. The molecule has 0 radical (unpaired) electrons. The summed E-state index contributed by atoms with van der Waals surface area (Å²) in [6.45, 7) is 28.2. The Morgan fingerprint density at radius 1 is 0.583 bits per heavy atom. The van der Waals surface area contributed by atoms with E-state index in [1.54, 1.807) is 0 Å². The van der Waals surface area contributed by atoms with Crippen molar-refractivity contribution >= 4 is 0 Å². The molecular formula is C20H36N4. The molecule has 1 heterocycles. The molecule has 0 amide bonds. The molecule has 136 valence electrons. The minimum Gasteiger partial charge on any atom is -0.300 e. The van der Waals surface area contributed by atoms with Gasteiger partial charge in [-0.1, -0.05) is 24.3 Å². The van der Waals surface area contributed by atoms with Gasteiger partial charge in [-0.2, -0.15) is 0 Å². The van der Waals surface area contributed by atoms with Gasteiger partial charge < -0.3 is 0 Å². The molecule has 0 aliphatic carbocycles. The number of piperazine rings is 1. The Kier molecular flexibility index (Phi) is 11.4. The molecule has 0 N–H and O–H groups in total. The first kappa shape index (κ1) is 20.8. The van der Waals surface area contributed by atoms with Crippen molar-refractivity contribution in [2.75, 3.05) is 78.5 Å². The van der Waals surface area contributed by atoms with Crippen LogP contribution in [0.2, 0.25) is 0 Å². The standard InChI is InChI=1S/C20H36N4/c1-5-9-21(10-6-2)13-15-23-17-19-24(20-18-23)16-14-22(11-7-3)12-8-4/h5-8H,1-4,9-20H2. The van der Waals surface area contributed by atoms with Crippen molar-refractivity contribution < 1.29 is 0 Å². The maximum Gasteiger partial charge on any atom is 0.0164 e. The van der Waals surface area contributed by atoms with Crippen molar-refractivity contribution in [2.24, 2.45) is 0 Å². The minimum absolute atomic E-state index is 0.939. The lowest BCUT2D eigenvalue weighted by atomic mass is 10.3.